The molecule has 0 N–H and O–H groups in total. The lowest BCUT2D eigenvalue weighted by Crippen LogP contribution is -2.29. The maximum atomic E-state index is 12.3. The number of hydrogen-bond acceptors (Lipinski definition) is 2. The monoisotopic (exact) mass is 332 g/mol. The fourth-order valence-electron chi connectivity index (χ4n) is 1.80. The van der Waals surface area contributed by atoms with Gasteiger partial charge in [0.25, 0.3) is 0 Å². The first-order valence-electron chi connectivity index (χ1n) is 6.21. The van der Waals surface area contributed by atoms with Gasteiger partial charge in [0, 0.05) is 11.2 Å². The van der Waals surface area contributed by atoms with Gasteiger partial charge < -0.3 is 0 Å². The molecule has 18 heavy (non-hydrogen) atoms. The van der Waals surface area contributed by atoms with E-state index >= 15 is 0 Å². The molecule has 0 aliphatic carbocycles. The number of alkyl halides is 1. The van der Waals surface area contributed by atoms with Gasteiger partial charge in [-0.15, -0.1) is 0 Å². The lowest BCUT2D eigenvalue weighted by molar-refractivity contribution is 0.542. The molecular weight excluding hydrogens is 312 g/mol. The summed E-state index contributed by atoms with van der Waals surface area (Å²) in [4.78, 5) is 0. The summed E-state index contributed by atoms with van der Waals surface area (Å²) in [6.45, 7) is 5.71. The van der Waals surface area contributed by atoms with E-state index in [1.54, 1.807) is 6.92 Å². The van der Waals surface area contributed by atoms with E-state index in [0.29, 0.717) is 5.33 Å². The first kappa shape index (κ1) is 15.7. The molecule has 4 heteroatoms. The largest absolute Gasteiger partial charge is 0.229 e. The topological polar surface area (TPSA) is 34.1 Å². The average molecular weight is 333 g/mol. The maximum Gasteiger partial charge on any atom is 0.153 e. The minimum absolute atomic E-state index is 0.0254. The van der Waals surface area contributed by atoms with Gasteiger partial charge in [-0.3, -0.25) is 0 Å². The molecule has 0 aromatic heterocycles. The van der Waals surface area contributed by atoms with Crippen molar-refractivity contribution < 1.29 is 8.42 Å². The number of sulfone groups is 1. The van der Waals surface area contributed by atoms with E-state index in [9.17, 15) is 8.42 Å². The van der Waals surface area contributed by atoms with Crippen LogP contribution in [0.3, 0.4) is 0 Å². The summed E-state index contributed by atoms with van der Waals surface area (Å²) in [5, 5.41) is 0.379. The molecule has 0 spiro atoms. The molecule has 0 heterocycles. The Labute approximate surface area is 119 Å². The van der Waals surface area contributed by atoms with Crippen LogP contribution in [0.5, 0.6) is 0 Å². The zero-order valence-corrected chi connectivity index (χ0v) is 13.5. The predicted octanol–water partition coefficient (Wildman–Crippen LogP) is 3.62. The molecule has 102 valence electrons. The van der Waals surface area contributed by atoms with Crippen molar-refractivity contribution in [3.63, 3.8) is 0 Å². The Morgan fingerprint density at radius 1 is 1.11 bits per heavy atom. The second-order valence-corrected chi connectivity index (χ2v) is 8.09. The van der Waals surface area contributed by atoms with Crippen molar-refractivity contribution in [3.05, 3.63) is 35.9 Å². The van der Waals surface area contributed by atoms with Crippen LogP contribution >= 0.6 is 15.9 Å². The van der Waals surface area contributed by atoms with Crippen LogP contribution in [0.1, 0.15) is 32.3 Å². The van der Waals surface area contributed by atoms with Gasteiger partial charge in [-0.05, 0) is 18.4 Å². The Balaban J connectivity index is 2.88. The third kappa shape index (κ3) is 4.09. The van der Waals surface area contributed by atoms with Gasteiger partial charge >= 0.3 is 0 Å². The maximum absolute atomic E-state index is 12.3. The summed E-state index contributed by atoms with van der Waals surface area (Å²) in [5.41, 5.74) is 1.08. The predicted molar refractivity (Wildman–Crippen MR) is 81.1 cm³/mol. The SMILES string of the molecule is CC(C)C(C)S(=O)(=O)CC(CBr)c1ccccc1. The quantitative estimate of drug-likeness (QED) is 0.745. The molecule has 0 fully saturated rings. The Bertz CT molecular complexity index is 454. The molecule has 0 radical (unpaired) electrons. The minimum atomic E-state index is -3.05. The van der Waals surface area contributed by atoms with Gasteiger partial charge in [-0.2, -0.15) is 0 Å². The smallest absolute Gasteiger partial charge is 0.153 e. The molecule has 0 bridgehead atoms. The fourth-order valence-corrected chi connectivity index (χ4v) is 4.71. The molecular formula is C14H21BrO2S. The van der Waals surface area contributed by atoms with Gasteiger partial charge in [0.05, 0.1) is 11.0 Å². The molecule has 0 aliphatic heterocycles. The summed E-state index contributed by atoms with van der Waals surface area (Å²) < 4.78 is 24.6. The van der Waals surface area contributed by atoms with Crippen LogP contribution in [0, 0.1) is 5.92 Å². The molecule has 0 saturated heterocycles. The van der Waals surface area contributed by atoms with Crippen molar-refractivity contribution in [2.75, 3.05) is 11.1 Å². The molecule has 0 amide bonds. The first-order chi connectivity index (χ1) is 8.38. The van der Waals surface area contributed by atoms with Gasteiger partial charge in [0.15, 0.2) is 9.84 Å². The van der Waals surface area contributed by atoms with Crippen LogP contribution in [0.15, 0.2) is 30.3 Å². The molecule has 1 rings (SSSR count). The Morgan fingerprint density at radius 3 is 2.11 bits per heavy atom. The lowest BCUT2D eigenvalue weighted by atomic mass is 10.0. The van der Waals surface area contributed by atoms with Crippen molar-refractivity contribution in [1.82, 2.24) is 0 Å². The van der Waals surface area contributed by atoms with Crippen LogP contribution in [-0.4, -0.2) is 24.8 Å². The van der Waals surface area contributed by atoms with Gasteiger partial charge in [-0.1, -0.05) is 60.1 Å². The second kappa shape index (κ2) is 6.71. The number of benzene rings is 1. The zero-order valence-electron chi connectivity index (χ0n) is 11.1. The van der Waals surface area contributed by atoms with E-state index in [0.717, 1.165) is 5.56 Å². The van der Waals surface area contributed by atoms with Crippen molar-refractivity contribution in [2.45, 2.75) is 31.9 Å². The summed E-state index contributed by atoms with van der Waals surface area (Å²) in [6, 6.07) is 9.82. The number of halogens is 1. The third-order valence-electron chi connectivity index (χ3n) is 3.40. The van der Waals surface area contributed by atoms with E-state index in [2.05, 4.69) is 15.9 Å². The Morgan fingerprint density at radius 2 is 1.67 bits per heavy atom. The highest BCUT2D eigenvalue weighted by Gasteiger charge is 2.27. The van der Waals surface area contributed by atoms with Crippen LogP contribution in [0.4, 0.5) is 0 Å². The molecule has 2 atom stereocenters. The van der Waals surface area contributed by atoms with E-state index in [1.807, 2.05) is 44.2 Å². The van der Waals surface area contributed by atoms with Crippen LogP contribution in [0.2, 0.25) is 0 Å². The summed E-state index contributed by atoms with van der Waals surface area (Å²) in [6.07, 6.45) is 0. The molecule has 0 aliphatic rings. The fraction of sp³-hybridized carbons (Fsp3) is 0.571. The molecule has 2 unspecified atom stereocenters. The summed E-state index contributed by atoms with van der Waals surface area (Å²) in [7, 11) is -3.05. The third-order valence-corrected chi connectivity index (χ3v) is 6.72. The normalized spacial score (nSPS) is 15.6. The van der Waals surface area contributed by atoms with Crippen LogP contribution in [0.25, 0.3) is 0 Å². The highest BCUT2D eigenvalue weighted by atomic mass is 79.9. The van der Waals surface area contributed by atoms with Gasteiger partial charge in [0.2, 0.25) is 0 Å². The molecule has 2 nitrogen and oxygen atoms in total. The van der Waals surface area contributed by atoms with E-state index in [-0.39, 0.29) is 22.8 Å². The van der Waals surface area contributed by atoms with Gasteiger partial charge in [-0.25, -0.2) is 8.42 Å². The summed E-state index contributed by atoms with van der Waals surface area (Å²) in [5.74, 6) is 0.390. The lowest BCUT2D eigenvalue weighted by Gasteiger charge is -2.20. The van der Waals surface area contributed by atoms with Crippen molar-refractivity contribution >= 4 is 25.8 Å². The molecule has 1 aromatic rings. The summed E-state index contributed by atoms with van der Waals surface area (Å²) >= 11 is 3.43. The number of hydrogen-bond donors (Lipinski definition) is 0. The van der Waals surface area contributed by atoms with Crippen LogP contribution < -0.4 is 0 Å². The van der Waals surface area contributed by atoms with Crippen molar-refractivity contribution in [2.24, 2.45) is 5.92 Å². The first-order valence-corrected chi connectivity index (χ1v) is 9.04. The van der Waals surface area contributed by atoms with Crippen molar-refractivity contribution in [1.29, 1.82) is 0 Å². The molecule has 0 saturated carbocycles. The minimum Gasteiger partial charge on any atom is -0.229 e. The molecule has 1 aromatic carbocycles. The Hall–Kier alpha value is -0.350. The van der Waals surface area contributed by atoms with Gasteiger partial charge in [0.1, 0.15) is 0 Å². The van der Waals surface area contributed by atoms with E-state index in [1.165, 1.54) is 0 Å². The van der Waals surface area contributed by atoms with E-state index < -0.39 is 9.84 Å². The van der Waals surface area contributed by atoms with Crippen LogP contribution in [-0.2, 0) is 9.84 Å². The van der Waals surface area contributed by atoms with Crippen molar-refractivity contribution in [3.8, 4) is 0 Å². The second-order valence-electron chi connectivity index (χ2n) is 5.04. The van der Waals surface area contributed by atoms with E-state index in [4.69, 9.17) is 0 Å². The highest BCUT2D eigenvalue weighted by molar-refractivity contribution is 9.09. The zero-order chi connectivity index (χ0) is 13.8. The Kier molecular flexibility index (Phi) is 5.86. The average Bonchev–Trinajstić information content (AvgIpc) is 2.36. The number of rotatable bonds is 6. The highest BCUT2D eigenvalue weighted by Crippen LogP contribution is 2.23. The standard InChI is InChI=1S/C14H21BrO2S/c1-11(2)12(3)18(16,17)10-14(9-15)13-7-5-4-6-8-13/h4-8,11-12,14H,9-10H2,1-3H3.